The number of esters is 1. The van der Waals surface area contributed by atoms with Gasteiger partial charge in [-0.2, -0.15) is 5.10 Å². The predicted molar refractivity (Wildman–Crippen MR) is 179 cm³/mol. The fourth-order valence-electron chi connectivity index (χ4n) is 3.88. The smallest absolute Gasteiger partial charge is 0.355 e. The van der Waals surface area contributed by atoms with Crippen LogP contribution in [-0.4, -0.2) is 24.0 Å². The van der Waals surface area contributed by atoms with Crippen LogP contribution in [0.5, 0.6) is 5.75 Å². The monoisotopic (exact) mass is 735 g/mol. The molecule has 214 valence electrons. The Morgan fingerprint density at radius 1 is 0.884 bits per heavy atom. The quantitative estimate of drug-likeness (QED) is 0.0548. The van der Waals surface area contributed by atoms with E-state index in [2.05, 4.69) is 47.7 Å². The highest BCUT2D eigenvalue weighted by atomic mass is 79.9. The zero-order valence-corrected chi connectivity index (χ0v) is 26.8. The van der Waals surface area contributed by atoms with Gasteiger partial charge >= 0.3 is 5.97 Å². The first-order chi connectivity index (χ1) is 20.8. The van der Waals surface area contributed by atoms with Gasteiger partial charge < -0.3 is 10.1 Å². The molecule has 0 radical (unpaired) electrons. The molecule has 1 aromatic heterocycles. The maximum Gasteiger partial charge on any atom is 0.355 e. The Labute approximate surface area is 272 Å². The Balaban J connectivity index is 1.21. The highest BCUT2D eigenvalue weighted by molar-refractivity contribution is 9.10. The third-order valence-electron chi connectivity index (χ3n) is 5.96. The average molecular weight is 738 g/mol. The number of fused-ring (bicyclic) bond motifs is 1. The molecular formula is C32H20Br2ClN3O4S. The normalized spacial score (nSPS) is 11.2. The van der Waals surface area contributed by atoms with E-state index in [1.54, 1.807) is 48.5 Å². The first kappa shape index (κ1) is 30.4. The van der Waals surface area contributed by atoms with Crippen LogP contribution in [0.25, 0.3) is 16.2 Å². The van der Waals surface area contributed by atoms with Crippen molar-refractivity contribution in [1.82, 2.24) is 5.43 Å². The van der Waals surface area contributed by atoms with Crippen LogP contribution in [0.3, 0.4) is 0 Å². The van der Waals surface area contributed by atoms with Crippen molar-refractivity contribution in [3.63, 3.8) is 0 Å². The number of benzene rings is 4. The summed E-state index contributed by atoms with van der Waals surface area (Å²) in [6.07, 6.45) is 4.53. The zero-order valence-electron chi connectivity index (χ0n) is 22.0. The molecule has 5 rings (SSSR count). The number of carbonyl (C=O) groups is 3. The Morgan fingerprint density at radius 3 is 2.37 bits per heavy atom. The minimum atomic E-state index is -0.605. The molecule has 0 aliphatic rings. The minimum absolute atomic E-state index is 0.238. The second kappa shape index (κ2) is 13.9. The number of halogens is 3. The summed E-state index contributed by atoms with van der Waals surface area (Å²) in [5.41, 5.74) is 4.69. The molecule has 4 aromatic carbocycles. The van der Waals surface area contributed by atoms with Crippen LogP contribution in [0.4, 0.5) is 5.69 Å². The number of ether oxygens (including phenoxy) is 1. The van der Waals surface area contributed by atoms with Gasteiger partial charge in [-0.3, -0.25) is 9.59 Å². The minimum Gasteiger partial charge on any atom is -0.422 e. The summed E-state index contributed by atoms with van der Waals surface area (Å²) < 4.78 is 8.12. The Hall–Kier alpha value is -4.09. The van der Waals surface area contributed by atoms with Crippen molar-refractivity contribution in [1.29, 1.82) is 0 Å². The zero-order chi connectivity index (χ0) is 30.3. The SMILES string of the molecule is O=C(/C=C/c1ccccc1)Nc1ccc(C(=O)N/N=C\c2cc(Br)ccc2OC(=O)c2sc3cc(Br)ccc3c2Cl)cc1. The molecule has 2 amide bonds. The van der Waals surface area contributed by atoms with E-state index in [9.17, 15) is 14.4 Å². The standard InChI is InChI=1S/C32H20Br2ClN3O4S/c33-22-10-14-26(42-32(41)30-29(35)25-13-9-23(34)17-27(25)43-30)21(16-22)18-36-38-31(40)20-7-11-24(12-8-20)37-28(39)15-6-19-4-2-1-3-5-19/h1-18H,(H,37,39)(H,38,40)/b15-6+,36-18-. The van der Waals surface area contributed by atoms with Crippen molar-refractivity contribution >= 4 is 101 Å². The number of anilines is 1. The molecule has 0 fully saturated rings. The molecule has 0 spiro atoms. The lowest BCUT2D eigenvalue weighted by atomic mass is 10.2. The number of nitrogens with zero attached hydrogens (tertiary/aromatic N) is 1. The Bertz CT molecular complexity index is 1890. The van der Waals surface area contributed by atoms with Crippen molar-refractivity contribution in [2.75, 3.05) is 5.32 Å². The summed E-state index contributed by atoms with van der Waals surface area (Å²) >= 11 is 14.5. The molecule has 0 unspecified atom stereocenters. The van der Waals surface area contributed by atoms with E-state index in [1.165, 1.54) is 23.6 Å². The van der Waals surface area contributed by atoms with E-state index in [-0.39, 0.29) is 16.5 Å². The number of hydrogen-bond donors (Lipinski definition) is 2. The number of nitrogens with one attached hydrogen (secondary N) is 2. The number of amides is 2. The summed E-state index contributed by atoms with van der Waals surface area (Å²) in [4.78, 5) is 38.2. The molecule has 43 heavy (non-hydrogen) atoms. The highest BCUT2D eigenvalue weighted by Crippen LogP contribution is 2.37. The van der Waals surface area contributed by atoms with E-state index < -0.39 is 11.9 Å². The number of rotatable bonds is 8. The Kier molecular flexibility index (Phi) is 9.83. The number of carbonyl (C=O) groups excluding carboxylic acids is 3. The van der Waals surface area contributed by atoms with Gasteiger partial charge in [0.1, 0.15) is 10.6 Å². The van der Waals surface area contributed by atoms with Crippen molar-refractivity contribution in [2.24, 2.45) is 5.10 Å². The highest BCUT2D eigenvalue weighted by Gasteiger charge is 2.20. The fraction of sp³-hybridized carbons (Fsp3) is 0. The first-order valence-electron chi connectivity index (χ1n) is 12.6. The lowest BCUT2D eigenvalue weighted by Crippen LogP contribution is -2.18. The van der Waals surface area contributed by atoms with Crippen LogP contribution in [-0.2, 0) is 4.79 Å². The van der Waals surface area contributed by atoms with Gasteiger partial charge in [-0.15, -0.1) is 11.3 Å². The third-order valence-corrected chi connectivity index (χ3v) is 8.59. The van der Waals surface area contributed by atoms with Crippen LogP contribution in [0.1, 0.15) is 31.2 Å². The summed E-state index contributed by atoms with van der Waals surface area (Å²) in [7, 11) is 0. The van der Waals surface area contributed by atoms with E-state index in [0.29, 0.717) is 21.8 Å². The third kappa shape index (κ3) is 7.85. The van der Waals surface area contributed by atoms with Gasteiger partial charge in [-0.25, -0.2) is 10.2 Å². The van der Waals surface area contributed by atoms with E-state index in [1.807, 2.05) is 48.5 Å². The molecule has 7 nitrogen and oxygen atoms in total. The summed E-state index contributed by atoms with van der Waals surface area (Å²) in [6, 6.07) is 26.5. The Morgan fingerprint density at radius 2 is 1.60 bits per heavy atom. The van der Waals surface area contributed by atoms with Gasteiger partial charge in [0.25, 0.3) is 5.91 Å². The second-order valence-electron chi connectivity index (χ2n) is 8.97. The van der Waals surface area contributed by atoms with Crippen molar-refractivity contribution in [3.8, 4) is 5.75 Å². The summed E-state index contributed by atoms with van der Waals surface area (Å²) in [5, 5.41) is 7.88. The lowest BCUT2D eigenvalue weighted by Gasteiger charge is -2.08. The molecule has 1 heterocycles. The molecule has 2 N–H and O–H groups in total. The molecule has 5 aromatic rings. The van der Waals surface area contributed by atoms with Crippen LogP contribution >= 0.6 is 54.8 Å². The van der Waals surface area contributed by atoms with E-state index in [0.717, 1.165) is 24.6 Å². The molecule has 0 aliphatic heterocycles. The largest absolute Gasteiger partial charge is 0.422 e. The van der Waals surface area contributed by atoms with Gasteiger partial charge in [0, 0.05) is 41.9 Å². The van der Waals surface area contributed by atoms with Gasteiger partial charge in [-0.1, -0.05) is 79.9 Å². The lowest BCUT2D eigenvalue weighted by molar-refractivity contribution is -0.111. The van der Waals surface area contributed by atoms with Gasteiger partial charge in [0.15, 0.2) is 0 Å². The van der Waals surface area contributed by atoms with Crippen molar-refractivity contribution < 1.29 is 19.1 Å². The van der Waals surface area contributed by atoms with Crippen LogP contribution < -0.4 is 15.5 Å². The van der Waals surface area contributed by atoms with Crippen LogP contribution in [0.15, 0.2) is 111 Å². The maximum atomic E-state index is 13.0. The molecule has 0 bridgehead atoms. The number of hydrazone groups is 1. The molecular weight excluding hydrogens is 718 g/mol. The van der Waals surface area contributed by atoms with Crippen LogP contribution in [0.2, 0.25) is 5.02 Å². The molecule has 0 saturated heterocycles. The molecule has 0 atom stereocenters. The number of thiophene rings is 1. The van der Waals surface area contributed by atoms with Crippen LogP contribution in [0, 0.1) is 0 Å². The number of hydrogen-bond acceptors (Lipinski definition) is 6. The van der Waals surface area contributed by atoms with Gasteiger partial charge in [0.05, 0.1) is 11.2 Å². The topological polar surface area (TPSA) is 96.9 Å². The van der Waals surface area contributed by atoms with Crippen molar-refractivity contribution in [2.45, 2.75) is 0 Å². The maximum absolute atomic E-state index is 13.0. The summed E-state index contributed by atoms with van der Waals surface area (Å²) in [5.74, 6) is -1.12. The second-order valence-corrected chi connectivity index (χ2v) is 12.2. The first-order valence-corrected chi connectivity index (χ1v) is 15.4. The fourth-order valence-corrected chi connectivity index (χ4v) is 6.20. The predicted octanol–water partition coefficient (Wildman–Crippen LogP) is 8.71. The molecule has 0 saturated carbocycles. The van der Waals surface area contributed by atoms with Gasteiger partial charge in [0.2, 0.25) is 5.91 Å². The van der Waals surface area contributed by atoms with Crippen molar-refractivity contribution in [3.05, 3.63) is 133 Å². The average Bonchev–Trinajstić information content (AvgIpc) is 3.33. The summed E-state index contributed by atoms with van der Waals surface area (Å²) in [6.45, 7) is 0. The van der Waals surface area contributed by atoms with E-state index >= 15 is 0 Å². The molecule has 11 heteroatoms. The van der Waals surface area contributed by atoms with E-state index in [4.69, 9.17) is 16.3 Å². The van der Waals surface area contributed by atoms with Gasteiger partial charge in [-0.05, 0) is 66.2 Å². The molecule has 0 aliphatic carbocycles.